The quantitative estimate of drug-likeness (QED) is 0.361. The summed E-state index contributed by atoms with van der Waals surface area (Å²) in [5.41, 5.74) is 2.33. The van der Waals surface area contributed by atoms with E-state index in [0.29, 0.717) is 19.1 Å². The Labute approximate surface area is 172 Å². The number of nitrogens with one attached hydrogen (secondary N) is 2. The van der Waals surface area contributed by atoms with Crippen LogP contribution in [0.3, 0.4) is 0 Å². The van der Waals surface area contributed by atoms with Crippen LogP contribution in [0.1, 0.15) is 30.4 Å². The highest BCUT2D eigenvalue weighted by molar-refractivity contribution is 5.79. The molecule has 0 bridgehead atoms. The van der Waals surface area contributed by atoms with E-state index in [-0.39, 0.29) is 0 Å². The van der Waals surface area contributed by atoms with Crippen LogP contribution in [0, 0.1) is 12.8 Å². The zero-order chi connectivity index (χ0) is 20.3. The summed E-state index contributed by atoms with van der Waals surface area (Å²) >= 11 is 0. The molecule has 1 atom stereocenters. The van der Waals surface area contributed by atoms with Gasteiger partial charge in [-0.3, -0.25) is 4.99 Å². The first kappa shape index (κ1) is 21.1. The van der Waals surface area contributed by atoms with Gasteiger partial charge in [-0.15, -0.1) is 10.2 Å². The summed E-state index contributed by atoms with van der Waals surface area (Å²) in [6.07, 6.45) is 6.67. The summed E-state index contributed by atoms with van der Waals surface area (Å²) in [5.74, 6) is 2.22. The molecule has 0 amide bonds. The second-order valence-electron chi connectivity index (χ2n) is 7.41. The Morgan fingerprint density at radius 2 is 2.14 bits per heavy atom. The Hall–Kier alpha value is -2.61. The number of aliphatic imine (C=N–C) groups is 1. The number of hydrogen-bond donors (Lipinski definition) is 2. The molecular weight excluding hydrogens is 368 g/mol. The number of unbranched alkanes of at least 4 members (excludes halogenated alkanes) is 1. The van der Waals surface area contributed by atoms with E-state index >= 15 is 0 Å². The molecule has 29 heavy (non-hydrogen) atoms. The zero-order valence-corrected chi connectivity index (χ0v) is 17.4. The van der Waals surface area contributed by atoms with E-state index in [2.05, 4.69) is 50.9 Å². The van der Waals surface area contributed by atoms with Crippen LogP contribution in [0.4, 0.5) is 0 Å². The van der Waals surface area contributed by atoms with Gasteiger partial charge in [0.15, 0.2) is 5.96 Å². The van der Waals surface area contributed by atoms with Crippen molar-refractivity contribution in [1.29, 1.82) is 0 Å². The van der Waals surface area contributed by atoms with Crippen molar-refractivity contribution in [3.05, 3.63) is 42.0 Å². The van der Waals surface area contributed by atoms with E-state index < -0.39 is 0 Å². The van der Waals surface area contributed by atoms with Crippen LogP contribution in [0.2, 0.25) is 0 Å². The van der Waals surface area contributed by atoms with Gasteiger partial charge in [0, 0.05) is 44.8 Å². The Morgan fingerprint density at radius 3 is 2.90 bits per heavy atom. The fourth-order valence-electron chi connectivity index (χ4n) is 3.23. The van der Waals surface area contributed by atoms with Crippen molar-refractivity contribution in [2.45, 2.75) is 39.3 Å². The van der Waals surface area contributed by atoms with Crippen molar-refractivity contribution >= 4 is 5.96 Å². The highest BCUT2D eigenvalue weighted by atomic mass is 16.5. The minimum atomic E-state index is 0.490. The molecule has 1 aromatic heterocycles. The lowest BCUT2D eigenvalue weighted by molar-refractivity contribution is 0.166. The smallest absolute Gasteiger partial charge is 0.191 e. The van der Waals surface area contributed by atoms with Gasteiger partial charge in [-0.1, -0.05) is 12.1 Å². The zero-order valence-electron chi connectivity index (χ0n) is 17.4. The predicted molar refractivity (Wildman–Crippen MR) is 113 cm³/mol. The van der Waals surface area contributed by atoms with Gasteiger partial charge in [0.25, 0.3) is 0 Å². The van der Waals surface area contributed by atoms with Gasteiger partial charge in [0.2, 0.25) is 0 Å². The van der Waals surface area contributed by atoms with E-state index in [1.165, 1.54) is 5.56 Å². The second kappa shape index (κ2) is 11.4. The molecule has 2 aromatic rings. The number of aromatic nitrogens is 3. The van der Waals surface area contributed by atoms with E-state index in [4.69, 9.17) is 9.47 Å². The molecule has 0 spiro atoms. The first-order valence-electron chi connectivity index (χ1n) is 10.3. The largest absolute Gasteiger partial charge is 0.493 e. The minimum absolute atomic E-state index is 0.490. The van der Waals surface area contributed by atoms with Crippen LogP contribution >= 0.6 is 0 Å². The number of aryl methyl sites for hydroxylation is 2. The molecule has 0 aliphatic carbocycles. The molecule has 3 rings (SSSR count). The molecule has 2 N–H and O–H groups in total. The third-order valence-electron chi connectivity index (χ3n) is 4.99. The van der Waals surface area contributed by atoms with Gasteiger partial charge in [0.1, 0.15) is 18.4 Å². The van der Waals surface area contributed by atoms with Gasteiger partial charge < -0.3 is 24.7 Å². The number of ether oxygens (including phenoxy) is 2. The van der Waals surface area contributed by atoms with Crippen LogP contribution in [-0.2, 0) is 17.8 Å². The Kier molecular flexibility index (Phi) is 8.30. The van der Waals surface area contributed by atoms with Crippen LogP contribution in [0.15, 0.2) is 35.8 Å². The van der Waals surface area contributed by atoms with Crippen molar-refractivity contribution in [2.24, 2.45) is 10.9 Å². The Morgan fingerprint density at radius 1 is 1.28 bits per heavy atom. The molecule has 1 aliphatic rings. The van der Waals surface area contributed by atoms with Crippen molar-refractivity contribution in [3.8, 4) is 5.75 Å². The molecule has 1 fully saturated rings. The summed E-state index contributed by atoms with van der Waals surface area (Å²) < 4.78 is 13.6. The van der Waals surface area contributed by atoms with Crippen molar-refractivity contribution in [3.63, 3.8) is 0 Å². The van der Waals surface area contributed by atoms with Gasteiger partial charge in [-0.05, 0) is 37.8 Å². The van der Waals surface area contributed by atoms with Crippen molar-refractivity contribution in [1.82, 2.24) is 25.4 Å². The number of hydrogen-bond acceptors (Lipinski definition) is 5. The van der Waals surface area contributed by atoms with E-state index in [1.54, 1.807) is 19.7 Å². The average molecular weight is 401 g/mol. The number of guanidine groups is 1. The van der Waals surface area contributed by atoms with E-state index in [9.17, 15) is 0 Å². The van der Waals surface area contributed by atoms with E-state index in [0.717, 1.165) is 62.8 Å². The fraction of sp³-hybridized carbons (Fsp3) is 0.571. The molecule has 2 heterocycles. The van der Waals surface area contributed by atoms with Crippen molar-refractivity contribution < 1.29 is 9.47 Å². The molecular formula is C21H32N6O2. The summed E-state index contributed by atoms with van der Waals surface area (Å²) in [4.78, 5) is 4.32. The Bertz CT molecular complexity index is 757. The number of benzene rings is 1. The molecule has 1 aromatic carbocycles. The standard InChI is InChI=1S/C21H32N6O2/c1-17-5-6-19(20(11-17)29-14-18-7-10-28-13-18)12-24-21(22-2)23-8-3-4-9-27-15-25-26-16-27/h5-6,11,15-16,18H,3-4,7-10,12-14H2,1-2H3,(H2,22,23,24). The summed E-state index contributed by atoms with van der Waals surface area (Å²) in [5, 5.41) is 14.4. The highest BCUT2D eigenvalue weighted by Gasteiger charge is 2.17. The maximum atomic E-state index is 6.12. The second-order valence-corrected chi connectivity index (χ2v) is 7.41. The summed E-state index contributed by atoms with van der Waals surface area (Å²) in [6.45, 7) is 6.89. The first-order valence-corrected chi connectivity index (χ1v) is 10.3. The molecule has 1 saturated heterocycles. The maximum Gasteiger partial charge on any atom is 0.191 e. The molecule has 0 radical (unpaired) electrons. The monoisotopic (exact) mass is 400 g/mol. The van der Waals surface area contributed by atoms with Gasteiger partial charge >= 0.3 is 0 Å². The van der Waals surface area contributed by atoms with E-state index in [1.807, 2.05) is 4.57 Å². The number of nitrogens with zero attached hydrogens (tertiary/aromatic N) is 4. The van der Waals surface area contributed by atoms with Crippen molar-refractivity contribution in [2.75, 3.05) is 33.4 Å². The van der Waals surface area contributed by atoms with Gasteiger partial charge in [-0.25, -0.2) is 0 Å². The maximum absolute atomic E-state index is 6.12. The lowest BCUT2D eigenvalue weighted by Crippen LogP contribution is -2.37. The molecule has 8 nitrogen and oxygen atoms in total. The summed E-state index contributed by atoms with van der Waals surface area (Å²) in [6, 6.07) is 6.34. The van der Waals surface area contributed by atoms with Crippen LogP contribution in [0.5, 0.6) is 5.75 Å². The molecule has 158 valence electrons. The predicted octanol–water partition coefficient (Wildman–Crippen LogP) is 2.15. The normalized spacial score (nSPS) is 16.8. The fourth-order valence-corrected chi connectivity index (χ4v) is 3.23. The third-order valence-corrected chi connectivity index (χ3v) is 4.99. The molecule has 1 aliphatic heterocycles. The van der Waals surface area contributed by atoms with Crippen LogP contribution in [-0.4, -0.2) is 54.1 Å². The van der Waals surface area contributed by atoms with Gasteiger partial charge in [-0.2, -0.15) is 0 Å². The van der Waals surface area contributed by atoms with Crippen LogP contribution < -0.4 is 15.4 Å². The lowest BCUT2D eigenvalue weighted by atomic mass is 10.1. The first-order chi connectivity index (χ1) is 14.2. The molecule has 8 heteroatoms. The lowest BCUT2D eigenvalue weighted by Gasteiger charge is -2.17. The van der Waals surface area contributed by atoms with Gasteiger partial charge in [0.05, 0.1) is 13.2 Å². The topological polar surface area (TPSA) is 85.6 Å². The minimum Gasteiger partial charge on any atom is -0.493 e. The highest BCUT2D eigenvalue weighted by Crippen LogP contribution is 2.22. The SMILES string of the molecule is CN=C(NCCCCn1cnnc1)NCc1ccc(C)cc1OCC1CCOC1. The third kappa shape index (κ3) is 7.05. The average Bonchev–Trinajstić information content (AvgIpc) is 3.43. The molecule has 0 saturated carbocycles. The molecule has 1 unspecified atom stereocenters. The van der Waals surface area contributed by atoms with Crippen LogP contribution in [0.25, 0.3) is 0 Å². The Balaban J connectivity index is 1.42. The summed E-state index contributed by atoms with van der Waals surface area (Å²) in [7, 11) is 1.79. The number of rotatable bonds is 10.